The highest BCUT2D eigenvalue weighted by atomic mass is 32.2. The third-order valence-electron chi connectivity index (χ3n) is 4.23. The summed E-state index contributed by atoms with van der Waals surface area (Å²) in [5, 5.41) is 5.45. The van der Waals surface area contributed by atoms with Gasteiger partial charge in [0.2, 0.25) is 5.91 Å². The Morgan fingerprint density at radius 3 is 2.54 bits per heavy atom. The fraction of sp³-hybridized carbons (Fsp3) is 0.500. The molecule has 8 heteroatoms. The molecule has 1 saturated heterocycles. The van der Waals surface area contributed by atoms with Gasteiger partial charge in [-0.25, -0.2) is 9.18 Å². The van der Waals surface area contributed by atoms with Crippen LogP contribution in [0.4, 0.5) is 9.18 Å². The van der Waals surface area contributed by atoms with Crippen molar-refractivity contribution in [3.05, 3.63) is 35.6 Å². The summed E-state index contributed by atoms with van der Waals surface area (Å²) in [4.78, 5) is 37.6. The van der Waals surface area contributed by atoms with Crippen LogP contribution < -0.4 is 10.6 Å². The minimum absolute atomic E-state index is 0.0573. The third kappa shape index (κ3) is 4.97. The number of amides is 4. The monoisotopic (exact) mass is 381 g/mol. The summed E-state index contributed by atoms with van der Waals surface area (Å²) in [6.07, 6.45) is 2.46. The van der Waals surface area contributed by atoms with Crippen LogP contribution >= 0.6 is 11.8 Å². The molecule has 26 heavy (non-hydrogen) atoms. The van der Waals surface area contributed by atoms with E-state index in [-0.39, 0.29) is 30.2 Å². The molecule has 1 aromatic carbocycles. The van der Waals surface area contributed by atoms with Gasteiger partial charge in [0.25, 0.3) is 5.91 Å². The van der Waals surface area contributed by atoms with E-state index < -0.39 is 18.0 Å². The highest BCUT2D eigenvalue weighted by molar-refractivity contribution is 7.98. The molecule has 2 N–H and O–H groups in total. The van der Waals surface area contributed by atoms with Crippen LogP contribution in [-0.2, 0) is 9.59 Å². The van der Waals surface area contributed by atoms with Crippen molar-refractivity contribution in [3.8, 4) is 0 Å². The number of hydrogen-bond donors (Lipinski definition) is 2. The first-order chi connectivity index (χ1) is 12.3. The molecule has 0 bridgehead atoms. The summed E-state index contributed by atoms with van der Waals surface area (Å²) >= 11 is 1.59. The zero-order valence-electron chi connectivity index (χ0n) is 15.1. The SMILES string of the molecule is CSCCC1NC(=O)N(CC(=O)NC(c2ccc(F)cc2)C(C)C)C1=O. The van der Waals surface area contributed by atoms with Crippen molar-refractivity contribution in [2.75, 3.05) is 18.6 Å². The largest absolute Gasteiger partial charge is 0.347 e. The van der Waals surface area contributed by atoms with E-state index in [1.54, 1.807) is 23.9 Å². The van der Waals surface area contributed by atoms with Crippen LogP contribution in [0.1, 0.15) is 31.9 Å². The van der Waals surface area contributed by atoms with Gasteiger partial charge in [0.15, 0.2) is 0 Å². The van der Waals surface area contributed by atoms with Gasteiger partial charge in [-0.15, -0.1) is 0 Å². The molecule has 1 fully saturated rings. The maximum Gasteiger partial charge on any atom is 0.325 e. The van der Waals surface area contributed by atoms with E-state index in [4.69, 9.17) is 0 Å². The van der Waals surface area contributed by atoms with Gasteiger partial charge < -0.3 is 10.6 Å². The third-order valence-corrected chi connectivity index (χ3v) is 4.88. The lowest BCUT2D eigenvalue weighted by molar-refractivity contribution is -0.132. The van der Waals surface area contributed by atoms with Gasteiger partial charge in [0.1, 0.15) is 18.4 Å². The molecule has 0 spiro atoms. The van der Waals surface area contributed by atoms with Gasteiger partial charge in [0, 0.05) is 0 Å². The Bertz CT molecular complexity index is 666. The first-order valence-electron chi connectivity index (χ1n) is 8.49. The molecule has 1 heterocycles. The summed E-state index contributed by atoms with van der Waals surface area (Å²) in [5.41, 5.74) is 0.768. The fourth-order valence-corrected chi connectivity index (χ4v) is 3.30. The normalized spacial score (nSPS) is 18.2. The predicted molar refractivity (Wildman–Crippen MR) is 99.2 cm³/mol. The average Bonchev–Trinajstić information content (AvgIpc) is 2.86. The number of halogens is 1. The Morgan fingerprint density at radius 1 is 1.31 bits per heavy atom. The molecule has 2 unspecified atom stereocenters. The highest BCUT2D eigenvalue weighted by Crippen LogP contribution is 2.22. The minimum atomic E-state index is -0.569. The summed E-state index contributed by atoms with van der Waals surface area (Å²) in [6.45, 7) is 3.53. The molecule has 2 atom stereocenters. The molecule has 6 nitrogen and oxygen atoms in total. The summed E-state index contributed by atoms with van der Waals surface area (Å²) < 4.78 is 13.1. The van der Waals surface area contributed by atoms with E-state index in [0.717, 1.165) is 16.2 Å². The molecular formula is C18H24FN3O3S. The van der Waals surface area contributed by atoms with E-state index in [2.05, 4.69) is 10.6 Å². The maximum absolute atomic E-state index is 13.1. The molecule has 0 radical (unpaired) electrons. The molecular weight excluding hydrogens is 357 g/mol. The van der Waals surface area contributed by atoms with Crippen LogP contribution in [0.5, 0.6) is 0 Å². The van der Waals surface area contributed by atoms with Crippen molar-refractivity contribution in [2.24, 2.45) is 5.92 Å². The van der Waals surface area contributed by atoms with Gasteiger partial charge >= 0.3 is 6.03 Å². The number of nitrogens with zero attached hydrogens (tertiary/aromatic N) is 1. The fourth-order valence-electron chi connectivity index (χ4n) is 2.83. The molecule has 0 saturated carbocycles. The van der Waals surface area contributed by atoms with Gasteiger partial charge in [-0.1, -0.05) is 26.0 Å². The number of nitrogens with one attached hydrogen (secondary N) is 2. The zero-order valence-corrected chi connectivity index (χ0v) is 15.9. The van der Waals surface area contributed by atoms with E-state index in [0.29, 0.717) is 6.42 Å². The molecule has 142 valence electrons. The van der Waals surface area contributed by atoms with E-state index in [9.17, 15) is 18.8 Å². The minimum Gasteiger partial charge on any atom is -0.347 e. The Labute approximate surface area is 156 Å². The molecule has 1 aliphatic heterocycles. The second-order valence-corrected chi connectivity index (χ2v) is 7.53. The van der Waals surface area contributed by atoms with E-state index in [1.165, 1.54) is 12.1 Å². The van der Waals surface area contributed by atoms with Crippen LogP contribution in [-0.4, -0.2) is 47.3 Å². The standard InChI is InChI=1S/C18H24FN3O3S/c1-11(2)16(12-4-6-13(19)7-5-12)21-15(23)10-22-17(24)14(8-9-26-3)20-18(22)25/h4-7,11,14,16H,8-10H2,1-3H3,(H,20,25)(H,21,23). The molecule has 0 aliphatic carbocycles. The van der Waals surface area contributed by atoms with Gasteiger partial charge in [-0.2, -0.15) is 11.8 Å². The van der Waals surface area contributed by atoms with Crippen molar-refractivity contribution in [1.82, 2.24) is 15.5 Å². The van der Waals surface area contributed by atoms with Crippen LogP contribution in [0.25, 0.3) is 0 Å². The van der Waals surface area contributed by atoms with Crippen molar-refractivity contribution in [3.63, 3.8) is 0 Å². The molecule has 4 amide bonds. The Balaban J connectivity index is 2.00. The number of rotatable bonds is 8. The summed E-state index contributed by atoms with van der Waals surface area (Å²) in [5.74, 6) is -0.347. The second-order valence-electron chi connectivity index (χ2n) is 6.55. The Hall–Kier alpha value is -2.09. The number of urea groups is 1. The smallest absolute Gasteiger partial charge is 0.325 e. The van der Waals surface area contributed by atoms with Crippen LogP contribution in [0.15, 0.2) is 24.3 Å². The molecule has 1 aromatic rings. The predicted octanol–water partition coefficient (Wildman–Crippen LogP) is 2.31. The number of carbonyl (C=O) groups excluding carboxylic acids is 3. The molecule has 2 rings (SSSR count). The van der Waals surface area contributed by atoms with Crippen molar-refractivity contribution in [2.45, 2.75) is 32.4 Å². The van der Waals surface area contributed by atoms with Gasteiger partial charge in [-0.3, -0.25) is 14.5 Å². The second kappa shape index (κ2) is 9.02. The van der Waals surface area contributed by atoms with Crippen molar-refractivity contribution < 1.29 is 18.8 Å². The topological polar surface area (TPSA) is 78.5 Å². The first-order valence-corrected chi connectivity index (χ1v) is 9.88. The highest BCUT2D eigenvalue weighted by Gasteiger charge is 2.38. The van der Waals surface area contributed by atoms with E-state index >= 15 is 0 Å². The lowest BCUT2D eigenvalue weighted by atomic mass is 9.96. The van der Waals surface area contributed by atoms with Crippen LogP contribution in [0, 0.1) is 11.7 Å². The average molecular weight is 381 g/mol. The molecule has 0 aromatic heterocycles. The lowest BCUT2D eigenvalue weighted by Crippen LogP contribution is -2.43. The summed E-state index contributed by atoms with van der Waals surface area (Å²) in [6, 6.07) is 4.46. The van der Waals surface area contributed by atoms with Crippen molar-refractivity contribution >= 4 is 29.6 Å². The van der Waals surface area contributed by atoms with Crippen LogP contribution in [0.3, 0.4) is 0 Å². The number of thioether (sulfide) groups is 1. The van der Waals surface area contributed by atoms with Crippen LogP contribution in [0.2, 0.25) is 0 Å². The number of carbonyl (C=O) groups is 3. The number of imide groups is 1. The lowest BCUT2D eigenvalue weighted by Gasteiger charge is -2.24. The first kappa shape index (κ1) is 20.2. The Morgan fingerprint density at radius 2 is 1.96 bits per heavy atom. The molecule has 1 aliphatic rings. The van der Waals surface area contributed by atoms with E-state index in [1.807, 2.05) is 20.1 Å². The summed E-state index contributed by atoms with van der Waals surface area (Å²) in [7, 11) is 0. The number of hydrogen-bond acceptors (Lipinski definition) is 4. The maximum atomic E-state index is 13.1. The van der Waals surface area contributed by atoms with Crippen molar-refractivity contribution in [1.29, 1.82) is 0 Å². The zero-order chi connectivity index (χ0) is 19.3. The number of benzene rings is 1. The van der Waals surface area contributed by atoms with Gasteiger partial charge in [-0.05, 0) is 42.0 Å². The quantitative estimate of drug-likeness (QED) is 0.678. The Kier molecular flexibility index (Phi) is 7.02. The van der Waals surface area contributed by atoms with Gasteiger partial charge in [0.05, 0.1) is 6.04 Å².